The fourth-order valence-electron chi connectivity index (χ4n) is 1.46. The van der Waals surface area contributed by atoms with Crippen molar-refractivity contribution in [2.75, 3.05) is 20.3 Å². The lowest BCUT2D eigenvalue weighted by molar-refractivity contribution is 0.0243. The van der Waals surface area contributed by atoms with E-state index in [9.17, 15) is 14.3 Å². The Bertz CT molecular complexity index is 452. The molecule has 0 heterocycles. The standard InChI is InChI=1S/C13H17BrFNO3/c1-13(18,6-7-19-2)8-16-12(17)9-4-3-5-10(15)11(9)14/h3-5,18H,6-8H2,1-2H3,(H,16,17). The molecule has 0 aliphatic heterocycles. The third-order valence-electron chi connectivity index (χ3n) is 2.67. The summed E-state index contributed by atoms with van der Waals surface area (Å²) in [6, 6.07) is 4.22. The van der Waals surface area contributed by atoms with Gasteiger partial charge in [0.05, 0.1) is 15.6 Å². The molecule has 0 fully saturated rings. The zero-order chi connectivity index (χ0) is 14.5. The fourth-order valence-corrected chi connectivity index (χ4v) is 1.90. The van der Waals surface area contributed by atoms with Gasteiger partial charge >= 0.3 is 0 Å². The van der Waals surface area contributed by atoms with Crippen LogP contribution in [0.25, 0.3) is 0 Å². The Balaban J connectivity index is 2.63. The van der Waals surface area contributed by atoms with Crippen molar-refractivity contribution >= 4 is 21.8 Å². The van der Waals surface area contributed by atoms with E-state index in [-0.39, 0.29) is 16.6 Å². The number of methoxy groups -OCH3 is 1. The van der Waals surface area contributed by atoms with Crippen LogP contribution in [-0.4, -0.2) is 36.9 Å². The van der Waals surface area contributed by atoms with Crippen molar-refractivity contribution in [3.05, 3.63) is 34.1 Å². The van der Waals surface area contributed by atoms with Gasteiger partial charge in [-0.15, -0.1) is 0 Å². The first kappa shape index (κ1) is 16.1. The molecular weight excluding hydrogens is 317 g/mol. The molecule has 0 aromatic heterocycles. The van der Waals surface area contributed by atoms with E-state index in [1.54, 1.807) is 14.0 Å². The van der Waals surface area contributed by atoms with Crippen LogP contribution in [0.5, 0.6) is 0 Å². The number of halogens is 2. The first-order valence-corrected chi connectivity index (χ1v) is 6.60. The molecule has 0 radical (unpaired) electrons. The monoisotopic (exact) mass is 333 g/mol. The van der Waals surface area contributed by atoms with Gasteiger partial charge in [-0.3, -0.25) is 4.79 Å². The minimum Gasteiger partial charge on any atom is -0.388 e. The zero-order valence-corrected chi connectivity index (χ0v) is 12.5. The Morgan fingerprint density at radius 1 is 1.58 bits per heavy atom. The molecule has 1 unspecified atom stereocenters. The number of amides is 1. The van der Waals surface area contributed by atoms with Gasteiger partial charge in [0.1, 0.15) is 5.82 Å². The van der Waals surface area contributed by atoms with Gasteiger partial charge in [-0.1, -0.05) is 6.07 Å². The molecule has 0 aliphatic rings. The largest absolute Gasteiger partial charge is 0.388 e. The normalized spacial score (nSPS) is 13.9. The molecule has 4 nitrogen and oxygen atoms in total. The van der Waals surface area contributed by atoms with Crippen molar-refractivity contribution in [3.63, 3.8) is 0 Å². The van der Waals surface area contributed by atoms with Crippen LogP contribution in [0.2, 0.25) is 0 Å². The van der Waals surface area contributed by atoms with Gasteiger partial charge in [0.25, 0.3) is 5.91 Å². The van der Waals surface area contributed by atoms with E-state index >= 15 is 0 Å². The predicted octanol–water partition coefficient (Wildman–Crippen LogP) is 2.11. The maximum Gasteiger partial charge on any atom is 0.252 e. The highest BCUT2D eigenvalue weighted by Gasteiger charge is 2.22. The van der Waals surface area contributed by atoms with Crippen LogP contribution in [0.4, 0.5) is 4.39 Å². The number of nitrogens with one attached hydrogen (secondary N) is 1. The van der Waals surface area contributed by atoms with Crippen molar-refractivity contribution in [2.24, 2.45) is 0 Å². The topological polar surface area (TPSA) is 58.6 Å². The van der Waals surface area contributed by atoms with Crippen LogP contribution in [0.3, 0.4) is 0 Å². The zero-order valence-electron chi connectivity index (χ0n) is 10.9. The smallest absolute Gasteiger partial charge is 0.252 e. The molecule has 0 aliphatic carbocycles. The van der Waals surface area contributed by atoms with Gasteiger partial charge in [-0.05, 0) is 35.0 Å². The van der Waals surface area contributed by atoms with Gasteiger partial charge in [0.15, 0.2) is 0 Å². The Hall–Kier alpha value is -0.980. The maximum absolute atomic E-state index is 13.3. The lowest BCUT2D eigenvalue weighted by atomic mass is 10.0. The summed E-state index contributed by atoms with van der Waals surface area (Å²) in [4.78, 5) is 11.9. The number of carbonyl (C=O) groups excluding carboxylic acids is 1. The van der Waals surface area contributed by atoms with E-state index in [4.69, 9.17) is 4.74 Å². The second-order valence-corrected chi connectivity index (χ2v) is 5.32. The lowest BCUT2D eigenvalue weighted by Crippen LogP contribution is -2.41. The first-order chi connectivity index (χ1) is 8.87. The van der Waals surface area contributed by atoms with Gasteiger partial charge in [0, 0.05) is 26.7 Å². The molecule has 106 valence electrons. The summed E-state index contributed by atoms with van der Waals surface area (Å²) in [5, 5.41) is 12.6. The Morgan fingerprint density at radius 3 is 2.89 bits per heavy atom. The SMILES string of the molecule is COCCC(C)(O)CNC(=O)c1cccc(F)c1Br. The number of ether oxygens (including phenoxy) is 1. The highest BCUT2D eigenvalue weighted by atomic mass is 79.9. The highest BCUT2D eigenvalue weighted by Crippen LogP contribution is 2.20. The van der Waals surface area contributed by atoms with Crippen molar-refractivity contribution in [2.45, 2.75) is 18.9 Å². The number of hydrogen-bond acceptors (Lipinski definition) is 3. The highest BCUT2D eigenvalue weighted by molar-refractivity contribution is 9.10. The average molecular weight is 334 g/mol. The second kappa shape index (κ2) is 6.98. The Morgan fingerprint density at radius 2 is 2.26 bits per heavy atom. The molecule has 0 saturated heterocycles. The van der Waals surface area contributed by atoms with E-state index in [1.807, 2.05) is 0 Å². The number of hydrogen-bond donors (Lipinski definition) is 2. The van der Waals surface area contributed by atoms with Gasteiger partial charge in [0.2, 0.25) is 0 Å². The third-order valence-corrected chi connectivity index (χ3v) is 3.48. The summed E-state index contributed by atoms with van der Waals surface area (Å²) in [7, 11) is 1.54. The predicted molar refractivity (Wildman–Crippen MR) is 73.6 cm³/mol. The molecule has 2 N–H and O–H groups in total. The molecule has 1 aromatic rings. The molecule has 0 saturated carbocycles. The van der Waals surface area contributed by atoms with Crippen LogP contribution < -0.4 is 5.32 Å². The van der Waals surface area contributed by atoms with E-state index < -0.39 is 17.3 Å². The minimum atomic E-state index is -1.06. The molecule has 1 amide bonds. The maximum atomic E-state index is 13.3. The number of rotatable bonds is 6. The number of carbonyl (C=O) groups is 1. The molecule has 0 spiro atoms. The summed E-state index contributed by atoms with van der Waals surface area (Å²) >= 11 is 3.02. The fraction of sp³-hybridized carbons (Fsp3) is 0.462. The number of aliphatic hydroxyl groups is 1. The van der Waals surface area contributed by atoms with E-state index in [0.717, 1.165) is 0 Å². The van der Waals surface area contributed by atoms with E-state index in [2.05, 4.69) is 21.2 Å². The van der Waals surface area contributed by atoms with Crippen molar-refractivity contribution in [1.82, 2.24) is 5.32 Å². The van der Waals surface area contributed by atoms with E-state index in [1.165, 1.54) is 18.2 Å². The van der Waals surface area contributed by atoms with Crippen LogP contribution in [0, 0.1) is 5.82 Å². The van der Waals surface area contributed by atoms with Crippen molar-refractivity contribution in [1.29, 1.82) is 0 Å². The summed E-state index contributed by atoms with van der Waals surface area (Å²) < 4.78 is 18.3. The second-order valence-electron chi connectivity index (χ2n) is 4.52. The molecule has 6 heteroatoms. The molecule has 1 rings (SSSR count). The number of benzene rings is 1. The summed E-state index contributed by atoms with van der Waals surface area (Å²) in [6.07, 6.45) is 0.397. The van der Waals surface area contributed by atoms with Crippen LogP contribution in [0.1, 0.15) is 23.7 Å². The molecular formula is C13H17BrFNO3. The summed E-state index contributed by atoms with van der Waals surface area (Å²) in [6.45, 7) is 2.07. The van der Waals surface area contributed by atoms with Crippen LogP contribution in [-0.2, 0) is 4.74 Å². The first-order valence-electron chi connectivity index (χ1n) is 5.81. The Kier molecular flexibility index (Phi) is 5.90. The van der Waals surface area contributed by atoms with E-state index in [0.29, 0.717) is 13.0 Å². The molecule has 19 heavy (non-hydrogen) atoms. The quantitative estimate of drug-likeness (QED) is 0.838. The Labute approximate surface area is 120 Å². The average Bonchev–Trinajstić information content (AvgIpc) is 2.37. The van der Waals surface area contributed by atoms with Crippen molar-refractivity contribution < 1.29 is 19.0 Å². The lowest BCUT2D eigenvalue weighted by Gasteiger charge is -2.23. The van der Waals surface area contributed by atoms with Crippen LogP contribution in [0.15, 0.2) is 22.7 Å². The van der Waals surface area contributed by atoms with Gasteiger partial charge in [-0.2, -0.15) is 0 Å². The third kappa shape index (κ3) is 4.89. The summed E-state index contributed by atoms with van der Waals surface area (Å²) in [5.41, 5.74) is -0.867. The van der Waals surface area contributed by atoms with Gasteiger partial charge < -0.3 is 15.2 Å². The van der Waals surface area contributed by atoms with Gasteiger partial charge in [-0.25, -0.2) is 4.39 Å². The van der Waals surface area contributed by atoms with Crippen LogP contribution >= 0.6 is 15.9 Å². The molecule has 0 bridgehead atoms. The summed E-state index contributed by atoms with van der Waals surface area (Å²) in [5.74, 6) is -0.942. The molecule has 1 aromatic carbocycles. The molecule has 1 atom stereocenters. The minimum absolute atomic E-state index is 0.0676. The van der Waals surface area contributed by atoms with Crippen molar-refractivity contribution in [3.8, 4) is 0 Å².